The van der Waals surface area contributed by atoms with Crippen molar-refractivity contribution in [2.75, 3.05) is 0 Å². The van der Waals surface area contributed by atoms with E-state index in [1.54, 1.807) is 6.92 Å². The molecule has 0 bridgehead atoms. The predicted octanol–water partition coefficient (Wildman–Crippen LogP) is 0.505. The van der Waals surface area contributed by atoms with Crippen LogP contribution in [0, 0.1) is 6.92 Å². The Kier molecular flexibility index (Phi) is 1.69. The van der Waals surface area contributed by atoms with Crippen molar-refractivity contribution in [3.8, 4) is 0 Å². The maximum atomic E-state index is 12.0. The summed E-state index contributed by atoms with van der Waals surface area (Å²) in [6, 6.07) is 0. The van der Waals surface area contributed by atoms with Crippen LogP contribution < -0.4 is 0 Å². The first-order valence-electron chi connectivity index (χ1n) is 2.25. The standard InChI is InChI=1S/C3H3FN2O2S2/c1-2-5-6-3(9-2)10(4,7)8/h1H3. The summed E-state index contributed by atoms with van der Waals surface area (Å²) >= 11 is 0.709. The molecule has 7 heteroatoms. The second-order valence-corrected chi connectivity index (χ2v) is 4.23. The molecule has 56 valence electrons. The third-order valence-electron chi connectivity index (χ3n) is 0.716. The molecular formula is C3H3FN2O2S2. The molecule has 1 aromatic rings. The number of nitrogens with zero attached hydrogens (tertiary/aromatic N) is 2. The Hall–Kier alpha value is -0.560. The first kappa shape index (κ1) is 7.55. The van der Waals surface area contributed by atoms with Crippen molar-refractivity contribution in [3.63, 3.8) is 0 Å². The van der Waals surface area contributed by atoms with Crippen LogP contribution in [0.5, 0.6) is 0 Å². The summed E-state index contributed by atoms with van der Waals surface area (Å²) in [5.41, 5.74) is 0. The molecule has 0 amide bonds. The number of aryl methyl sites for hydroxylation is 1. The molecule has 0 radical (unpaired) electrons. The van der Waals surface area contributed by atoms with Gasteiger partial charge < -0.3 is 0 Å². The second-order valence-electron chi connectivity index (χ2n) is 1.52. The van der Waals surface area contributed by atoms with Crippen molar-refractivity contribution in [3.05, 3.63) is 5.01 Å². The fourth-order valence-electron chi connectivity index (χ4n) is 0.377. The molecule has 0 atom stereocenters. The minimum Gasteiger partial charge on any atom is -0.187 e. The van der Waals surface area contributed by atoms with Crippen LogP contribution in [0.1, 0.15) is 5.01 Å². The number of rotatable bonds is 1. The zero-order valence-corrected chi connectivity index (χ0v) is 6.54. The fourth-order valence-corrected chi connectivity index (χ4v) is 1.69. The summed E-state index contributed by atoms with van der Waals surface area (Å²) in [6.07, 6.45) is 0. The van der Waals surface area contributed by atoms with Crippen molar-refractivity contribution in [2.45, 2.75) is 11.3 Å². The first-order chi connectivity index (χ1) is 4.50. The maximum Gasteiger partial charge on any atom is 0.361 e. The Bertz CT molecular complexity index is 330. The minimum atomic E-state index is -4.64. The first-order valence-corrected chi connectivity index (χ1v) is 4.45. The molecule has 0 unspecified atom stereocenters. The van der Waals surface area contributed by atoms with E-state index in [4.69, 9.17) is 0 Å². The second kappa shape index (κ2) is 2.24. The van der Waals surface area contributed by atoms with Crippen LogP contribution in [0.2, 0.25) is 0 Å². The van der Waals surface area contributed by atoms with E-state index in [-0.39, 0.29) is 0 Å². The summed E-state index contributed by atoms with van der Waals surface area (Å²) in [5, 5.41) is 6.85. The molecule has 0 aliphatic heterocycles. The fraction of sp³-hybridized carbons (Fsp3) is 0.333. The molecule has 4 nitrogen and oxygen atoms in total. The van der Waals surface area contributed by atoms with Gasteiger partial charge in [0, 0.05) is 0 Å². The summed E-state index contributed by atoms with van der Waals surface area (Å²) in [5.74, 6) is 0. The highest BCUT2D eigenvalue weighted by atomic mass is 32.3. The zero-order chi connectivity index (χ0) is 7.78. The Labute approximate surface area is 60.9 Å². The van der Waals surface area contributed by atoms with Crippen LogP contribution in [-0.2, 0) is 10.2 Å². The smallest absolute Gasteiger partial charge is 0.187 e. The van der Waals surface area contributed by atoms with E-state index < -0.39 is 14.6 Å². The molecule has 0 N–H and O–H groups in total. The van der Waals surface area contributed by atoms with Crippen molar-refractivity contribution in [1.82, 2.24) is 10.2 Å². The minimum absolute atomic E-state index is 0.427. The highest BCUT2D eigenvalue weighted by Crippen LogP contribution is 2.15. The van der Waals surface area contributed by atoms with Crippen molar-refractivity contribution in [1.29, 1.82) is 0 Å². The lowest BCUT2D eigenvalue weighted by atomic mass is 10.9. The van der Waals surface area contributed by atoms with E-state index in [0.29, 0.717) is 16.3 Å². The zero-order valence-electron chi connectivity index (χ0n) is 4.91. The van der Waals surface area contributed by atoms with Gasteiger partial charge in [-0.15, -0.1) is 10.2 Å². The maximum absolute atomic E-state index is 12.0. The molecule has 0 spiro atoms. The summed E-state index contributed by atoms with van der Waals surface area (Å²) in [7, 11) is -4.64. The molecule has 10 heavy (non-hydrogen) atoms. The van der Waals surface area contributed by atoms with E-state index >= 15 is 0 Å². The predicted molar refractivity (Wildman–Crippen MR) is 32.9 cm³/mol. The Morgan fingerprint density at radius 2 is 2.10 bits per heavy atom. The van der Waals surface area contributed by atoms with E-state index in [2.05, 4.69) is 10.2 Å². The number of hydrogen-bond acceptors (Lipinski definition) is 5. The number of hydrogen-bond donors (Lipinski definition) is 0. The largest absolute Gasteiger partial charge is 0.361 e. The van der Waals surface area contributed by atoms with Crippen LogP contribution in [-0.4, -0.2) is 18.6 Å². The molecule has 0 aliphatic rings. The molecule has 1 heterocycles. The summed E-state index contributed by atoms with van der Waals surface area (Å²) in [6.45, 7) is 1.55. The molecule has 1 rings (SSSR count). The molecular weight excluding hydrogens is 179 g/mol. The molecule has 0 saturated carbocycles. The molecule has 0 fully saturated rings. The van der Waals surface area contributed by atoms with Gasteiger partial charge in [-0.2, -0.15) is 8.42 Å². The monoisotopic (exact) mass is 182 g/mol. The lowest BCUT2D eigenvalue weighted by Crippen LogP contribution is -1.89. The summed E-state index contributed by atoms with van der Waals surface area (Å²) in [4.78, 5) is 0. The molecule has 0 aromatic carbocycles. The highest BCUT2D eigenvalue weighted by molar-refractivity contribution is 7.88. The van der Waals surface area contributed by atoms with E-state index in [9.17, 15) is 12.3 Å². The average Bonchev–Trinajstić information content (AvgIpc) is 2.11. The van der Waals surface area contributed by atoms with Crippen molar-refractivity contribution < 1.29 is 12.3 Å². The molecule has 0 saturated heterocycles. The van der Waals surface area contributed by atoms with Gasteiger partial charge in [-0.3, -0.25) is 0 Å². The van der Waals surface area contributed by atoms with Crippen LogP contribution in [0.25, 0.3) is 0 Å². The van der Waals surface area contributed by atoms with E-state index in [1.165, 1.54) is 0 Å². The van der Waals surface area contributed by atoms with Gasteiger partial charge in [0.1, 0.15) is 5.01 Å². The normalized spacial score (nSPS) is 11.8. The molecule has 0 aliphatic carbocycles. The van der Waals surface area contributed by atoms with Gasteiger partial charge in [0.05, 0.1) is 0 Å². The molecule has 1 aromatic heterocycles. The van der Waals surface area contributed by atoms with Crippen LogP contribution in [0.15, 0.2) is 4.34 Å². The van der Waals surface area contributed by atoms with Gasteiger partial charge in [-0.05, 0) is 6.92 Å². The third-order valence-corrected chi connectivity index (χ3v) is 2.70. The lowest BCUT2D eigenvalue weighted by Gasteiger charge is -1.78. The van der Waals surface area contributed by atoms with Gasteiger partial charge in [0.15, 0.2) is 0 Å². The Balaban J connectivity index is 3.21. The van der Waals surface area contributed by atoms with Crippen LogP contribution in [0.3, 0.4) is 0 Å². The van der Waals surface area contributed by atoms with E-state index in [1.807, 2.05) is 0 Å². The van der Waals surface area contributed by atoms with Crippen LogP contribution in [0.4, 0.5) is 3.89 Å². The topological polar surface area (TPSA) is 59.9 Å². The Morgan fingerprint density at radius 1 is 1.50 bits per heavy atom. The summed E-state index contributed by atoms with van der Waals surface area (Å²) < 4.78 is 31.6. The lowest BCUT2D eigenvalue weighted by molar-refractivity contribution is 0.550. The van der Waals surface area contributed by atoms with Gasteiger partial charge in [-0.25, -0.2) is 0 Å². The highest BCUT2D eigenvalue weighted by Gasteiger charge is 2.16. The SMILES string of the molecule is Cc1nnc(S(=O)(=O)F)s1. The van der Waals surface area contributed by atoms with Gasteiger partial charge >= 0.3 is 10.2 Å². The van der Waals surface area contributed by atoms with E-state index in [0.717, 1.165) is 0 Å². The van der Waals surface area contributed by atoms with Crippen LogP contribution >= 0.6 is 11.3 Å². The average molecular weight is 182 g/mol. The van der Waals surface area contributed by atoms with Gasteiger partial charge in [0.25, 0.3) is 4.34 Å². The van der Waals surface area contributed by atoms with Gasteiger partial charge in [-0.1, -0.05) is 15.2 Å². The Morgan fingerprint density at radius 3 is 2.30 bits per heavy atom. The number of halogens is 1. The van der Waals surface area contributed by atoms with Crippen molar-refractivity contribution in [2.24, 2.45) is 0 Å². The van der Waals surface area contributed by atoms with Gasteiger partial charge in [0.2, 0.25) is 0 Å². The third kappa shape index (κ3) is 1.48. The quantitative estimate of drug-likeness (QED) is 0.593. The van der Waals surface area contributed by atoms with Crippen molar-refractivity contribution >= 4 is 21.6 Å². The number of aromatic nitrogens is 2.